The number of likely N-dealkylation sites (N-methyl/N-ethyl adjacent to an activating group) is 1. The number of aliphatic carboxylic acids is 1. The van der Waals surface area contributed by atoms with Crippen molar-refractivity contribution in [1.82, 2.24) is 0 Å². The van der Waals surface area contributed by atoms with Crippen LogP contribution in [-0.4, -0.2) is 87.4 Å². The highest BCUT2D eigenvalue weighted by Gasteiger charge is 2.25. The molecule has 0 rings (SSSR count). The number of quaternary nitrogens is 1. The summed E-state index contributed by atoms with van der Waals surface area (Å²) in [6.45, 7) is 4.61. The molecular formula is C86H140NO8+. The molecule has 0 aromatic heterocycles. The van der Waals surface area contributed by atoms with Crippen molar-refractivity contribution in [3.63, 3.8) is 0 Å². The van der Waals surface area contributed by atoms with Gasteiger partial charge in [-0.1, -0.05) is 318 Å². The molecule has 0 aliphatic rings. The maximum absolute atomic E-state index is 13.0. The minimum atomic E-state index is -1.53. The van der Waals surface area contributed by atoms with Crippen molar-refractivity contribution in [3.05, 3.63) is 182 Å². The molecule has 0 saturated heterocycles. The highest BCUT2D eigenvalue weighted by Crippen LogP contribution is 2.17. The molecule has 2 atom stereocenters. The van der Waals surface area contributed by atoms with Crippen LogP contribution >= 0.6 is 0 Å². The highest BCUT2D eigenvalue weighted by molar-refractivity contribution is 5.71. The van der Waals surface area contributed by atoms with Crippen LogP contribution in [0.5, 0.6) is 0 Å². The van der Waals surface area contributed by atoms with Gasteiger partial charge < -0.3 is 28.5 Å². The number of allylic oxidation sites excluding steroid dienone is 30. The number of carbonyl (C=O) groups is 3. The zero-order valence-corrected chi connectivity index (χ0v) is 61.3. The third-order valence-electron chi connectivity index (χ3n) is 15.7. The number of carboxylic acid groups (broad SMARTS) is 1. The maximum Gasteiger partial charge on any atom is 0.361 e. The van der Waals surface area contributed by atoms with E-state index in [1.54, 1.807) is 0 Å². The van der Waals surface area contributed by atoms with Gasteiger partial charge >= 0.3 is 17.9 Å². The SMILES string of the molecule is CC/C=C\C/C=C\C/C=C\C/C=C\C/C=C\C/C=C\C/C=C\C/C=C\C/C=C\CCCCCC(=O)OC(COC(=O)CCCCCCCCCCCCCCCCCCCCCC/C=C\C/C=C\C/C=C\C/C=C\C/C=C\C/C=C\CC)COC(OCC[N+](C)(C)C)C(=O)O. The van der Waals surface area contributed by atoms with E-state index in [1.165, 1.54) is 116 Å². The molecular weight excluding hydrogens is 1170 g/mol. The second kappa shape index (κ2) is 74.2. The predicted molar refractivity (Wildman–Crippen MR) is 409 cm³/mol. The Morgan fingerprint density at radius 2 is 0.568 bits per heavy atom. The van der Waals surface area contributed by atoms with Gasteiger partial charge in [0.25, 0.3) is 6.29 Å². The molecule has 0 fully saturated rings. The molecule has 1 N–H and O–H groups in total. The van der Waals surface area contributed by atoms with Crippen molar-refractivity contribution in [2.24, 2.45) is 0 Å². The molecule has 0 aromatic rings. The van der Waals surface area contributed by atoms with E-state index >= 15 is 0 Å². The Kier molecular flexibility index (Phi) is 69.8. The molecule has 2 unspecified atom stereocenters. The molecule has 536 valence electrons. The molecule has 0 radical (unpaired) electrons. The minimum absolute atomic E-state index is 0.173. The summed E-state index contributed by atoms with van der Waals surface area (Å²) in [6, 6.07) is 0. The van der Waals surface area contributed by atoms with E-state index in [4.69, 9.17) is 18.9 Å². The lowest BCUT2D eigenvalue weighted by atomic mass is 10.0. The molecule has 9 heteroatoms. The van der Waals surface area contributed by atoms with Crippen LogP contribution < -0.4 is 0 Å². The molecule has 0 heterocycles. The fraction of sp³-hybridized carbons (Fsp3) is 0.616. The Hall–Kier alpha value is -5.61. The summed E-state index contributed by atoms with van der Waals surface area (Å²) >= 11 is 0. The Labute approximate surface area is 583 Å². The minimum Gasteiger partial charge on any atom is -0.477 e. The molecule has 0 amide bonds. The van der Waals surface area contributed by atoms with Crippen LogP contribution in [0.1, 0.15) is 284 Å². The summed E-state index contributed by atoms with van der Waals surface area (Å²) in [6.07, 6.45) is 110. The highest BCUT2D eigenvalue weighted by atomic mass is 16.7. The second-order valence-electron chi connectivity index (χ2n) is 25.8. The Balaban J connectivity index is 4.14. The summed E-state index contributed by atoms with van der Waals surface area (Å²) in [5.74, 6) is -2.06. The number of nitrogens with zero attached hydrogens (tertiary/aromatic N) is 1. The average Bonchev–Trinajstić information content (AvgIpc) is 3.24. The van der Waals surface area contributed by atoms with Gasteiger partial charge in [-0.15, -0.1) is 0 Å². The van der Waals surface area contributed by atoms with E-state index in [1.807, 2.05) is 21.1 Å². The molecule has 0 bridgehead atoms. The monoisotopic (exact) mass is 1320 g/mol. The van der Waals surface area contributed by atoms with Crippen LogP contribution in [0.25, 0.3) is 0 Å². The normalized spacial score (nSPS) is 13.7. The summed E-state index contributed by atoms with van der Waals surface area (Å²) < 4.78 is 23.0. The van der Waals surface area contributed by atoms with Crippen LogP contribution in [0.4, 0.5) is 0 Å². The Morgan fingerprint density at radius 1 is 0.316 bits per heavy atom. The van der Waals surface area contributed by atoms with Gasteiger partial charge in [0.05, 0.1) is 34.4 Å². The third kappa shape index (κ3) is 75.6. The van der Waals surface area contributed by atoms with Gasteiger partial charge in [-0.25, -0.2) is 4.79 Å². The van der Waals surface area contributed by atoms with E-state index in [0.717, 1.165) is 135 Å². The molecule has 0 saturated carbocycles. The fourth-order valence-corrected chi connectivity index (χ4v) is 9.95. The molecule has 0 aliphatic carbocycles. The number of unbranched alkanes of at least 4 members (excludes halogenated alkanes) is 23. The van der Waals surface area contributed by atoms with E-state index in [2.05, 4.69) is 196 Å². The number of hydrogen-bond acceptors (Lipinski definition) is 7. The number of hydrogen-bond donors (Lipinski definition) is 1. The van der Waals surface area contributed by atoms with E-state index in [9.17, 15) is 19.5 Å². The summed E-state index contributed by atoms with van der Waals surface area (Å²) in [4.78, 5) is 37.7. The van der Waals surface area contributed by atoms with Crippen molar-refractivity contribution in [1.29, 1.82) is 0 Å². The van der Waals surface area contributed by atoms with Crippen LogP contribution in [0.3, 0.4) is 0 Å². The van der Waals surface area contributed by atoms with Crippen LogP contribution in [0.2, 0.25) is 0 Å². The standard InChI is InChI=1S/C86H139NO8/c1-6-8-10-12-14-16-18-20-22-24-26-28-30-32-34-36-38-39-40-41-42-43-44-45-47-48-50-52-54-56-58-60-62-64-66-68-70-72-74-76-83(88)93-80-82(81-94-86(85(90)91)92-79-78-87(3,4)5)95-84(89)77-75-73-71-69-67-65-63-61-59-57-55-53-51-49-46-37-35-33-31-29-27-25-23-21-19-17-15-13-11-9-7-2/h8-11,14-17,20-23,26-29,32-35,38-39,46,49,53,55,59,61,65,67,82,86H,6-7,12-13,18-19,24-25,30-31,36-37,40-45,47-48,50-52,54,56-58,60,62-64,66,68-81H2,1-5H3/p+1/b10-8-,11-9-,16-14-,17-15-,22-20-,23-21-,28-26-,29-27-,34-32-,35-33-,39-38-,49-46-,55-53-,61-59-,67-65-. The number of carboxylic acids is 1. The zero-order valence-electron chi connectivity index (χ0n) is 61.3. The lowest BCUT2D eigenvalue weighted by Crippen LogP contribution is -2.40. The van der Waals surface area contributed by atoms with Crippen LogP contribution in [-0.2, 0) is 33.3 Å². The first kappa shape index (κ1) is 89.4. The van der Waals surface area contributed by atoms with Gasteiger partial charge in [0.2, 0.25) is 0 Å². The molecule has 0 aromatic carbocycles. The van der Waals surface area contributed by atoms with Gasteiger partial charge in [0.1, 0.15) is 13.2 Å². The first-order chi connectivity index (χ1) is 46.6. The Bertz CT molecular complexity index is 2220. The van der Waals surface area contributed by atoms with E-state index in [-0.39, 0.29) is 38.6 Å². The average molecular weight is 1320 g/mol. The number of esters is 2. The topological polar surface area (TPSA) is 108 Å². The van der Waals surface area contributed by atoms with Gasteiger partial charge in [-0.3, -0.25) is 9.59 Å². The second-order valence-corrected chi connectivity index (χ2v) is 25.8. The first-order valence-electron chi connectivity index (χ1n) is 37.9. The smallest absolute Gasteiger partial charge is 0.361 e. The van der Waals surface area contributed by atoms with Crippen molar-refractivity contribution in [2.75, 3.05) is 47.5 Å². The van der Waals surface area contributed by atoms with Crippen molar-refractivity contribution in [3.8, 4) is 0 Å². The van der Waals surface area contributed by atoms with Crippen molar-refractivity contribution in [2.45, 2.75) is 296 Å². The lowest BCUT2D eigenvalue weighted by Gasteiger charge is -2.25. The fourth-order valence-electron chi connectivity index (χ4n) is 9.95. The van der Waals surface area contributed by atoms with Gasteiger partial charge in [-0.05, 0) is 135 Å². The third-order valence-corrected chi connectivity index (χ3v) is 15.7. The zero-order chi connectivity index (χ0) is 69.0. The Morgan fingerprint density at radius 3 is 0.853 bits per heavy atom. The number of rotatable bonds is 68. The predicted octanol–water partition coefficient (Wildman–Crippen LogP) is 24.4. The van der Waals surface area contributed by atoms with Gasteiger partial charge in [-0.2, -0.15) is 0 Å². The molecule has 9 nitrogen and oxygen atoms in total. The molecule has 0 spiro atoms. The first-order valence-corrected chi connectivity index (χ1v) is 37.9. The number of ether oxygens (including phenoxy) is 4. The van der Waals surface area contributed by atoms with Crippen LogP contribution in [0.15, 0.2) is 182 Å². The van der Waals surface area contributed by atoms with Crippen molar-refractivity contribution >= 4 is 17.9 Å². The summed E-state index contributed by atoms with van der Waals surface area (Å²) in [5, 5.41) is 9.76. The molecule has 95 heavy (non-hydrogen) atoms. The van der Waals surface area contributed by atoms with E-state index < -0.39 is 24.3 Å². The quantitative estimate of drug-likeness (QED) is 0.0211. The molecule has 0 aliphatic heterocycles. The lowest BCUT2D eigenvalue weighted by molar-refractivity contribution is -0.870. The van der Waals surface area contributed by atoms with Crippen molar-refractivity contribution < 1.29 is 42.9 Å². The number of carbonyl (C=O) groups excluding carboxylic acids is 2. The summed E-state index contributed by atoms with van der Waals surface area (Å²) in [7, 11) is 5.96. The van der Waals surface area contributed by atoms with Gasteiger partial charge in [0.15, 0.2) is 6.10 Å². The van der Waals surface area contributed by atoms with E-state index in [0.29, 0.717) is 17.4 Å². The van der Waals surface area contributed by atoms with Gasteiger partial charge in [0, 0.05) is 12.8 Å². The largest absolute Gasteiger partial charge is 0.477 e. The maximum atomic E-state index is 13.0. The van der Waals surface area contributed by atoms with Crippen LogP contribution in [0, 0.1) is 0 Å². The summed E-state index contributed by atoms with van der Waals surface area (Å²) in [5.41, 5.74) is 0.